The Hall–Kier alpha value is -2.12. The van der Waals surface area contributed by atoms with E-state index in [9.17, 15) is 0 Å². The van der Waals surface area contributed by atoms with Gasteiger partial charge in [-0.3, -0.25) is 9.97 Å². The van der Waals surface area contributed by atoms with Crippen molar-refractivity contribution in [2.24, 2.45) is 5.73 Å². The fourth-order valence-electron chi connectivity index (χ4n) is 2.69. The van der Waals surface area contributed by atoms with Crippen molar-refractivity contribution in [1.29, 1.82) is 0 Å². The zero-order valence-electron chi connectivity index (χ0n) is 13.3. The normalized spacial score (nSPS) is 20.1. The van der Waals surface area contributed by atoms with Crippen LogP contribution in [0.1, 0.15) is 36.0 Å². The quantitative estimate of drug-likeness (QED) is 0.794. The molecule has 1 aliphatic rings. The van der Waals surface area contributed by atoms with Gasteiger partial charge in [0, 0.05) is 62.4 Å². The lowest BCUT2D eigenvalue weighted by molar-refractivity contribution is 0.177. The molecule has 3 rings (SSSR count). The number of methoxy groups -OCH3 is 1. The molecule has 7 nitrogen and oxygen atoms in total. The van der Waals surface area contributed by atoms with E-state index in [1.807, 2.05) is 6.07 Å². The van der Waals surface area contributed by atoms with Gasteiger partial charge in [-0.15, -0.1) is 0 Å². The summed E-state index contributed by atoms with van der Waals surface area (Å²) in [6, 6.07) is 2.32. The highest BCUT2D eigenvalue weighted by Crippen LogP contribution is 2.35. The molecule has 0 bridgehead atoms. The number of anilines is 1. The number of rotatable bonds is 7. The molecule has 1 saturated carbocycles. The molecule has 0 aromatic carbocycles. The van der Waals surface area contributed by atoms with E-state index >= 15 is 0 Å². The molecule has 0 unspecified atom stereocenters. The van der Waals surface area contributed by atoms with Crippen molar-refractivity contribution in [3.05, 3.63) is 41.9 Å². The van der Waals surface area contributed by atoms with E-state index in [-0.39, 0.29) is 0 Å². The molecular weight excluding hydrogens is 292 g/mol. The number of hydrogen-bond donors (Lipinski definition) is 2. The standard InChI is InChI=1S/C16H22N6O/c1-23-10-16-21-14(11-6-12(17)7-11)8-15(22-16)20-3-2-13-9-18-4-5-19-13/h4-5,8-9,11-12H,2-3,6-7,10,17H2,1H3,(H,20,21,22). The molecule has 3 N–H and O–H groups in total. The number of hydrogen-bond acceptors (Lipinski definition) is 7. The summed E-state index contributed by atoms with van der Waals surface area (Å²) in [6.45, 7) is 1.15. The van der Waals surface area contributed by atoms with Gasteiger partial charge in [0.25, 0.3) is 0 Å². The van der Waals surface area contributed by atoms with Gasteiger partial charge in [0.1, 0.15) is 12.4 Å². The minimum atomic E-state index is 0.300. The van der Waals surface area contributed by atoms with Crippen molar-refractivity contribution in [3.8, 4) is 0 Å². The minimum Gasteiger partial charge on any atom is -0.377 e. The average molecular weight is 314 g/mol. The lowest BCUT2D eigenvalue weighted by Crippen LogP contribution is -2.35. The van der Waals surface area contributed by atoms with E-state index in [1.54, 1.807) is 25.7 Å². The van der Waals surface area contributed by atoms with E-state index < -0.39 is 0 Å². The van der Waals surface area contributed by atoms with Gasteiger partial charge in [0.15, 0.2) is 5.82 Å². The summed E-state index contributed by atoms with van der Waals surface area (Å²) < 4.78 is 5.17. The SMILES string of the molecule is COCc1nc(NCCc2cnccn2)cc(C2CC(N)C2)n1. The van der Waals surface area contributed by atoms with Gasteiger partial charge in [0.2, 0.25) is 0 Å². The van der Waals surface area contributed by atoms with Crippen LogP contribution in [-0.2, 0) is 17.8 Å². The lowest BCUT2D eigenvalue weighted by atomic mass is 9.78. The highest BCUT2D eigenvalue weighted by atomic mass is 16.5. The summed E-state index contributed by atoms with van der Waals surface area (Å²) in [7, 11) is 1.65. The van der Waals surface area contributed by atoms with Crippen molar-refractivity contribution in [2.75, 3.05) is 19.0 Å². The van der Waals surface area contributed by atoms with Gasteiger partial charge in [-0.25, -0.2) is 9.97 Å². The molecule has 7 heteroatoms. The van der Waals surface area contributed by atoms with Crippen LogP contribution in [0.25, 0.3) is 0 Å². The first-order valence-corrected chi connectivity index (χ1v) is 7.85. The molecule has 23 heavy (non-hydrogen) atoms. The fourth-order valence-corrected chi connectivity index (χ4v) is 2.69. The number of nitrogens with zero attached hydrogens (tertiary/aromatic N) is 4. The monoisotopic (exact) mass is 314 g/mol. The summed E-state index contributed by atoms with van der Waals surface area (Å²) in [5.74, 6) is 1.96. The van der Waals surface area contributed by atoms with Gasteiger partial charge >= 0.3 is 0 Å². The maximum atomic E-state index is 5.89. The maximum Gasteiger partial charge on any atom is 0.156 e. The van der Waals surface area contributed by atoms with Crippen LogP contribution in [-0.4, -0.2) is 39.6 Å². The Bertz CT molecular complexity index is 630. The average Bonchev–Trinajstić information content (AvgIpc) is 2.53. The van der Waals surface area contributed by atoms with Gasteiger partial charge < -0.3 is 15.8 Å². The smallest absolute Gasteiger partial charge is 0.156 e. The second-order valence-electron chi connectivity index (χ2n) is 5.83. The van der Waals surface area contributed by atoms with Crippen molar-refractivity contribution in [1.82, 2.24) is 19.9 Å². The zero-order valence-corrected chi connectivity index (χ0v) is 13.3. The molecule has 0 saturated heterocycles. The van der Waals surface area contributed by atoms with Crippen molar-refractivity contribution in [2.45, 2.75) is 37.8 Å². The molecule has 1 aliphatic carbocycles. The predicted octanol–water partition coefficient (Wildman–Crippen LogP) is 1.27. The Kier molecular flexibility index (Phi) is 5.09. The zero-order chi connectivity index (χ0) is 16.1. The second-order valence-corrected chi connectivity index (χ2v) is 5.83. The number of nitrogens with one attached hydrogen (secondary N) is 1. The molecule has 0 atom stereocenters. The Morgan fingerprint density at radius 2 is 2.17 bits per heavy atom. The molecule has 2 aromatic rings. The maximum absolute atomic E-state index is 5.89. The van der Waals surface area contributed by atoms with Gasteiger partial charge in [-0.05, 0) is 12.8 Å². The van der Waals surface area contributed by atoms with E-state index in [4.69, 9.17) is 10.5 Å². The number of ether oxygens (including phenoxy) is 1. The third-order valence-electron chi connectivity index (χ3n) is 3.96. The molecule has 2 heterocycles. The summed E-state index contributed by atoms with van der Waals surface area (Å²) in [5.41, 5.74) is 7.90. The van der Waals surface area contributed by atoms with Crippen LogP contribution < -0.4 is 11.1 Å². The van der Waals surface area contributed by atoms with Crippen LogP contribution in [0.4, 0.5) is 5.82 Å². The fraction of sp³-hybridized carbons (Fsp3) is 0.500. The topological polar surface area (TPSA) is 98.8 Å². The van der Waals surface area contributed by atoms with E-state index in [1.165, 1.54) is 0 Å². The van der Waals surface area contributed by atoms with E-state index in [2.05, 4.69) is 25.3 Å². The first kappa shape index (κ1) is 15.8. The summed E-state index contributed by atoms with van der Waals surface area (Å²) in [6.07, 6.45) is 7.92. The second kappa shape index (κ2) is 7.43. The Morgan fingerprint density at radius 1 is 1.30 bits per heavy atom. The van der Waals surface area contributed by atoms with Crippen LogP contribution in [0.15, 0.2) is 24.7 Å². The molecule has 0 radical (unpaired) electrons. The molecular formula is C16H22N6O. The molecule has 1 fully saturated rings. The number of aromatic nitrogens is 4. The minimum absolute atomic E-state index is 0.300. The van der Waals surface area contributed by atoms with Crippen molar-refractivity contribution in [3.63, 3.8) is 0 Å². The largest absolute Gasteiger partial charge is 0.377 e. The van der Waals surface area contributed by atoms with Crippen molar-refractivity contribution < 1.29 is 4.74 Å². The van der Waals surface area contributed by atoms with Gasteiger partial charge in [-0.2, -0.15) is 0 Å². The predicted molar refractivity (Wildman–Crippen MR) is 86.9 cm³/mol. The molecule has 2 aromatic heterocycles. The summed E-state index contributed by atoms with van der Waals surface area (Å²) in [5, 5.41) is 3.34. The summed E-state index contributed by atoms with van der Waals surface area (Å²) in [4.78, 5) is 17.4. The molecule has 0 spiro atoms. The third-order valence-corrected chi connectivity index (χ3v) is 3.96. The summed E-state index contributed by atoms with van der Waals surface area (Å²) >= 11 is 0. The third kappa shape index (κ3) is 4.20. The number of nitrogens with two attached hydrogens (primary N) is 1. The van der Waals surface area contributed by atoms with Gasteiger partial charge in [-0.1, -0.05) is 0 Å². The van der Waals surface area contributed by atoms with Crippen molar-refractivity contribution >= 4 is 5.82 Å². The van der Waals surface area contributed by atoms with Crippen LogP contribution in [0, 0.1) is 0 Å². The van der Waals surface area contributed by atoms with E-state index in [0.29, 0.717) is 24.4 Å². The van der Waals surface area contributed by atoms with Crippen LogP contribution >= 0.6 is 0 Å². The Labute approximate surface area is 135 Å². The molecule has 0 aliphatic heterocycles. The molecule has 0 amide bonds. The Balaban J connectivity index is 1.65. The highest BCUT2D eigenvalue weighted by molar-refractivity contribution is 5.38. The van der Waals surface area contributed by atoms with Gasteiger partial charge in [0.05, 0.1) is 5.69 Å². The first-order chi connectivity index (χ1) is 11.2. The highest BCUT2D eigenvalue weighted by Gasteiger charge is 2.29. The Morgan fingerprint density at radius 3 is 2.87 bits per heavy atom. The molecule has 122 valence electrons. The van der Waals surface area contributed by atoms with Crippen LogP contribution in [0.2, 0.25) is 0 Å². The van der Waals surface area contributed by atoms with E-state index in [0.717, 1.165) is 43.0 Å². The lowest BCUT2D eigenvalue weighted by Gasteiger charge is -2.32. The van der Waals surface area contributed by atoms with Crippen LogP contribution in [0.3, 0.4) is 0 Å². The van der Waals surface area contributed by atoms with Crippen LogP contribution in [0.5, 0.6) is 0 Å². The first-order valence-electron chi connectivity index (χ1n) is 7.85.